The maximum absolute atomic E-state index is 15.5. The summed E-state index contributed by atoms with van der Waals surface area (Å²) in [6.45, 7) is 1.83. The zero-order valence-corrected chi connectivity index (χ0v) is 33.5. The fraction of sp³-hybridized carbons (Fsp3) is 0.268. The van der Waals surface area contributed by atoms with Gasteiger partial charge in [-0.1, -0.05) is 80.6 Å². The van der Waals surface area contributed by atoms with E-state index in [0.29, 0.717) is 42.7 Å². The van der Waals surface area contributed by atoms with Gasteiger partial charge in [0.2, 0.25) is 11.8 Å². The Morgan fingerprint density at radius 1 is 0.855 bits per heavy atom. The van der Waals surface area contributed by atoms with Crippen LogP contribution in [0.2, 0.25) is 15.1 Å². The van der Waals surface area contributed by atoms with Gasteiger partial charge >= 0.3 is 0 Å². The molecule has 2 aliphatic carbocycles. The number of hydrogen-bond acceptors (Lipinski definition) is 8. The summed E-state index contributed by atoms with van der Waals surface area (Å²) in [7, 11) is 2.95. The van der Waals surface area contributed by atoms with Crippen molar-refractivity contribution in [2.75, 3.05) is 24.5 Å². The summed E-state index contributed by atoms with van der Waals surface area (Å²) >= 11 is 22.8. The van der Waals surface area contributed by atoms with Gasteiger partial charge in [0.25, 0.3) is 11.8 Å². The predicted molar refractivity (Wildman–Crippen MR) is 212 cm³/mol. The molecule has 1 saturated carbocycles. The minimum absolute atomic E-state index is 0.0417. The Hall–Kier alpha value is -4.55. The van der Waals surface area contributed by atoms with Crippen molar-refractivity contribution in [3.8, 4) is 17.2 Å². The molecule has 2 saturated heterocycles. The largest absolute Gasteiger partial charge is 0.504 e. The van der Waals surface area contributed by atoms with Crippen molar-refractivity contribution < 1.29 is 33.8 Å². The van der Waals surface area contributed by atoms with E-state index in [1.54, 1.807) is 66.7 Å². The Labute approximate surface area is 340 Å². The number of nitrogens with zero attached hydrogens (tertiary/aromatic N) is 2. The van der Waals surface area contributed by atoms with Gasteiger partial charge in [-0.25, -0.2) is 4.90 Å². The maximum Gasteiger partial charge on any atom is 0.260 e. The van der Waals surface area contributed by atoms with Crippen LogP contribution >= 0.6 is 50.7 Å². The van der Waals surface area contributed by atoms with Crippen LogP contribution in [0.3, 0.4) is 0 Å². The first-order valence-corrected chi connectivity index (χ1v) is 19.4. The van der Waals surface area contributed by atoms with Crippen molar-refractivity contribution in [3.05, 3.63) is 121 Å². The lowest BCUT2D eigenvalue weighted by molar-refractivity contribution is -0.138. The number of imide groups is 2. The quantitative estimate of drug-likeness (QED) is 0.140. The number of aryl methyl sites for hydroxylation is 1. The molecule has 3 fully saturated rings. The third kappa shape index (κ3) is 5.64. The van der Waals surface area contributed by atoms with Crippen molar-refractivity contribution in [2.24, 2.45) is 23.7 Å². The highest BCUT2D eigenvalue weighted by Crippen LogP contribution is 2.65. The van der Waals surface area contributed by atoms with Gasteiger partial charge in [0, 0.05) is 26.0 Å². The van der Waals surface area contributed by atoms with E-state index in [1.165, 1.54) is 25.2 Å². The molecule has 2 N–H and O–H groups in total. The molecular weight excluding hydrogens is 833 g/mol. The number of carbonyl (C=O) groups excluding carboxylic acids is 4. The van der Waals surface area contributed by atoms with E-state index in [0.717, 1.165) is 10.6 Å². The fourth-order valence-electron chi connectivity index (χ4n) is 9.13. The van der Waals surface area contributed by atoms with Gasteiger partial charge in [-0.15, -0.1) is 0 Å². The number of benzene rings is 4. The molecule has 282 valence electrons. The molecule has 0 radical (unpaired) electrons. The van der Waals surface area contributed by atoms with E-state index < -0.39 is 52.7 Å². The van der Waals surface area contributed by atoms with Gasteiger partial charge in [0.1, 0.15) is 5.75 Å². The van der Waals surface area contributed by atoms with Crippen LogP contribution in [0, 0.1) is 30.6 Å². The van der Waals surface area contributed by atoms with E-state index in [2.05, 4.69) is 21.4 Å². The van der Waals surface area contributed by atoms with Crippen LogP contribution in [0.4, 0.5) is 11.4 Å². The van der Waals surface area contributed by atoms with Crippen molar-refractivity contribution in [1.82, 2.24) is 5.01 Å². The number of amides is 4. The first kappa shape index (κ1) is 37.4. The summed E-state index contributed by atoms with van der Waals surface area (Å²) in [5, 5.41) is 13.9. The van der Waals surface area contributed by atoms with Crippen LogP contribution < -0.4 is 19.8 Å². The number of phenols is 1. The summed E-state index contributed by atoms with van der Waals surface area (Å²) in [5.41, 5.74) is 4.15. The van der Waals surface area contributed by atoms with Crippen LogP contribution in [0.1, 0.15) is 35.4 Å². The number of ether oxygens (including phenoxy) is 2. The smallest absolute Gasteiger partial charge is 0.260 e. The molecule has 2 heterocycles. The number of rotatable bonds is 7. The fourth-order valence-corrected chi connectivity index (χ4v) is 10.2. The number of hydrogen-bond donors (Lipinski definition) is 2. The normalized spacial score (nSPS) is 25.7. The average molecular weight is 866 g/mol. The molecule has 4 aromatic carbocycles. The standard InChI is InChI=1S/C41H33BrCl3N3O7/c1-19-4-8-23(17-30(19)44)47-37(50)26-12-11-25-27(34(26)39(47)52)18-29-38(51)48(46-32-13-7-22(43)16-31(32)45)40(53)41(29,20-5-9-24(54-2)10-6-20)35(25)28-14-21(42)15-33(55-3)36(28)49/h4-11,13-17,26-27,29,34-35,46,49H,12,18H2,1-3H3/t26-,27+,29-,34-,35+,41+/m0/s1. The Balaban J connectivity index is 1.36. The van der Waals surface area contributed by atoms with Gasteiger partial charge < -0.3 is 14.6 Å². The van der Waals surface area contributed by atoms with E-state index >= 15 is 9.59 Å². The molecular formula is C41H33BrCl3N3O7. The van der Waals surface area contributed by atoms with E-state index in [4.69, 9.17) is 44.3 Å². The third-order valence-corrected chi connectivity index (χ3v) is 13.0. The SMILES string of the molecule is COc1ccc([C@@]23C(=O)N(Nc4ccc(Cl)cc4Cl)C(=O)[C@@H]2C[C@@H]2C(=CC[C@@H]4C(=O)N(c5ccc(C)c(Cl)c5)C(=O)[C@@H]42)[C@@H]3c2cc(Br)cc(OC)c2O)cc1. The van der Waals surface area contributed by atoms with Gasteiger partial charge in [-0.05, 0) is 91.4 Å². The molecule has 10 nitrogen and oxygen atoms in total. The zero-order valence-electron chi connectivity index (χ0n) is 29.6. The number of methoxy groups -OCH3 is 2. The van der Waals surface area contributed by atoms with Gasteiger partial charge in [0.15, 0.2) is 11.5 Å². The van der Waals surface area contributed by atoms with Crippen LogP contribution in [-0.4, -0.2) is 48.0 Å². The molecule has 0 spiro atoms. The molecule has 8 rings (SSSR count). The summed E-state index contributed by atoms with van der Waals surface area (Å²) in [6, 6.07) is 19.9. The molecule has 0 aromatic heterocycles. The van der Waals surface area contributed by atoms with E-state index in [1.807, 2.05) is 13.0 Å². The topological polar surface area (TPSA) is 125 Å². The molecule has 55 heavy (non-hydrogen) atoms. The highest BCUT2D eigenvalue weighted by Gasteiger charge is 2.71. The third-order valence-electron chi connectivity index (χ3n) is 11.6. The molecule has 4 aromatic rings. The second-order valence-corrected chi connectivity index (χ2v) is 16.4. The Morgan fingerprint density at radius 2 is 1.60 bits per heavy atom. The molecule has 4 amide bonds. The highest BCUT2D eigenvalue weighted by molar-refractivity contribution is 9.10. The molecule has 0 unspecified atom stereocenters. The maximum atomic E-state index is 15.5. The minimum Gasteiger partial charge on any atom is -0.504 e. The lowest BCUT2D eigenvalue weighted by Gasteiger charge is -2.50. The first-order chi connectivity index (χ1) is 26.3. The van der Waals surface area contributed by atoms with Crippen molar-refractivity contribution in [3.63, 3.8) is 0 Å². The predicted octanol–water partition coefficient (Wildman–Crippen LogP) is 8.63. The zero-order chi connectivity index (χ0) is 39.1. The summed E-state index contributed by atoms with van der Waals surface area (Å²) in [4.78, 5) is 60.5. The second-order valence-electron chi connectivity index (χ2n) is 14.2. The van der Waals surface area contributed by atoms with E-state index in [9.17, 15) is 14.7 Å². The number of nitrogens with one attached hydrogen (secondary N) is 1. The molecule has 2 aliphatic heterocycles. The second kappa shape index (κ2) is 13.9. The molecule has 4 aliphatic rings. The Morgan fingerprint density at radius 3 is 2.27 bits per heavy atom. The van der Waals surface area contributed by atoms with Crippen molar-refractivity contribution in [1.29, 1.82) is 0 Å². The number of halogens is 4. The van der Waals surface area contributed by atoms with Crippen LogP contribution in [0.15, 0.2) is 88.9 Å². The first-order valence-electron chi connectivity index (χ1n) is 17.5. The number of carbonyl (C=O) groups is 4. The van der Waals surface area contributed by atoms with Crippen molar-refractivity contribution in [2.45, 2.75) is 31.1 Å². The average Bonchev–Trinajstić information content (AvgIpc) is 3.55. The summed E-state index contributed by atoms with van der Waals surface area (Å²) < 4.78 is 11.6. The monoisotopic (exact) mass is 863 g/mol. The van der Waals surface area contributed by atoms with Crippen LogP contribution in [-0.2, 0) is 24.6 Å². The lowest BCUT2D eigenvalue weighted by Crippen LogP contribution is -2.53. The minimum atomic E-state index is -1.68. The Bertz CT molecular complexity index is 2350. The number of aromatic hydroxyl groups is 1. The van der Waals surface area contributed by atoms with Crippen LogP contribution in [0.25, 0.3) is 0 Å². The lowest BCUT2D eigenvalue weighted by atomic mass is 9.49. The highest BCUT2D eigenvalue weighted by atomic mass is 79.9. The number of anilines is 2. The molecule has 0 bridgehead atoms. The number of allylic oxidation sites excluding steroid dienone is 2. The van der Waals surface area contributed by atoms with Gasteiger partial charge in [-0.2, -0.15) is 5.01 Å². The summed E-state index contributed by atoms with van der Waals surface area (Å²) in [6.07, 6.45) is 2.14. The van der Waals surface area contributed by atoms with Crippen molar-refractivity contribution >= 4 is 85.7 Å². The molecule has 14 heteroatoms. The number of phenolic OH excluding ortho intramolecular Hbond substituents is 1. The summed E-state index contributed by atoms with van der Waals surface area (Å²) in [5.74, 6) is -5.91. The number of fused-ring (bicyclic) bond motifs is 4. The molecule has 6 atom stereocenters. The van der Waals surface area contributed by atoms with Crippen LogP contribution in [0.5, 0.6) is 17.2 Å². The number of hydrazine groups is 1. The Kier molecular flexibility index (Phi) is 9.43. The van der Waals surface area contributed by atoms with Gasteiger partial charge in [-0.3, -0.25) is 24.6 Å². The van der Waals surface area contributed by atoms with E-state index in [-0.39, 0.29) is 41.0 Å². The van der Waals surface area contributed by atoms with Gasteiger partial charge in [0.05, 0.1) is 53.8 Å².